The molecule has 0 heterocycles. The predicted octanol–water partition coefficient (Wildman–Crippen LogP) is 3.03. The number of hydrogen-bond donors (Lipinski definition) is 1. The summed E-state index contributed by atoms with van der Waals surface area (Å²) in [6.07, 6.45) is 0. The van der Waals surface area contributed by atoms with Crippen molar-refractivity contribution in [1.29, 1.82) is 0 Å². The monoisotopic (exact) mass is 292 g/mol. The smallest absolute Gasteiger partial charge is 0.142 e. The number of rotatable bonds is 3. The summed E-state index contributed by atoms with van der Waals surface area (Å²) in [5.74, 6) is 2.98. The van der Waals surface area contributed by atoms with E-state index in [1.165, 1.54) is 18.2 Å². The van der Waals surface area contributed by atoms with Gasteiger partial charge in [-0.3, -0.25) is 0 Å². The summed E-state index contributed by atoms with van der Waals surface area (Å²) in [5.41, 5.74) is 0.297. The Kier molecular flexibility index (Phi) is 4.85. The van der Waals surface area contributed by atoms with Gasteiger partial charge in [-0.1, -0.05) is 11.8 Å². The molecule has 0 aliphatic rings. The second kappa shape index (κ2) is 6.82. The highest BCUT2D eigenvalue weighted by atomic mass is 19.1. The Hall–Kier alpha value is -2.45. The molecule has 0 aromatic heterocycles. The molecule has 0 aliphatic heterocycles. The van der Waals surface area contributed by atoms with Crippen LogP contribution in [-0.2, 0) is 6.61 Å². The highest BCUT2D eigenvalue weighted by Gasteiger charge is 2.06. The minimum Gasteiger partial charge on any atom is -0.489 e. The lowest BCUT2D eigenvalue weighted by atomic mass is 10.2. The van der Waals surface area contributed by atoms with E-state index in [0.717, 1.165) is 18.2 Å². The van der Waals surface area contributed by atoms with Gasteiger partial charge >= 0.3 is 0 Å². The molecule has 0 bridgehead atoms. The van der Waals surface area contributed by atoms with E-state index in [1.807, 2.05) is 0 Å². The van der Waals surface area contributed by atoms with Crippen LogP contribution in [0, 0.1) is 29.3 Å². The predicted molar refractivity (Wildman–Crippen MR) is 71.1 cm³/mol. The molecule has 0 fully saturated rings. The maximum atomic E-state index is 13.6. The third-order valence-electron chi connectivity index (χ3n) is 2.65. The number of halogens is 3. The van der Waals surface area contributed by atoms with Crippen LogP contribution < -0.4 is 4.74 Å². The standard InChI is InChI=1S/C16H11F3O2/c17-13-5-3-12(15(18)8-13)10-21-14-6-4-11(2-1-7-20)16(19)9-14/h3-6,8-9,20H,7,10H2. The SMILES string of the molecule is OCC#Cc1ccc(OCc2ccc(F)cc2F)cc1F. The number of aliphatic hydroxyl groups excluding tert-OH is 1. The number of hydrogen-bond acceptors (Lipinski definition) is 2. The third-order valence-corrected chi connectivity index (χ3v) is 2.65. The fraction of sp³-hybridized carbons (Fsp3) is 0.125. The summed E-state index contributed by atoms with van der Waals surface area (Å²) >= 11 is 0. The minimum absolute atomic E-state index is 0.129. The van der Waals surface area contributed by atoms with Gasteiger partial charge < -0.3 is 9.84 Å². The van der Waals surface area contributed by atoms with Crippen LogP contribution in [0.25, 0.3) is 0 Å². The van der Waals surface area contributed by atoms with Gasteiger partial charge in [0.05, 0.1) is 5.56 Å². The molecule has 2 aromatic rings. The summed E-state index contributed by atoms with van der Waals surface area (Å²) in [6, 6.07) is 7.13. The second-order valence-corrected chi connectivity index (χ2v) is 4.13. The molecule has 0 saturated heterocycles. The molecule has 0 spiro atoms. The highest BCUT2D eigenvalue weighted by Crippen LogP contribution is 2.18. The first-order valence-corrected chi connectivity index (χ1v) is 6.06. The molecule has 0 aliphatic carbocycles. The van der Waals surface area contributed by atoms with Crippen LogP contribution in [0.4, 0.5) is 13.2 Å². The van der Waals surface area contributed by atoms with Gasteiger partial charge in [-0.2, -0.15) is 0 Å². The summed E-state index contributed by atoms with van der Waals surface area (Å²) in [6.45, 7) is -0.505. The van der Waals surface area contributed by atoms with E-state index >= 15 is 0 Å². The molecule has 0 radical (unpaired) electrons. The zero-order chi connectivity index (χ0) is 15.2. The maximum absolute atomic E-state index is 13.6. The quantitative estimate of drug-likeness (QED) is 0.881. The topological polar surface area (TPSA) is 29.5 Å². The Balaban J connectivity index is 2.08. The molecule has 0 amide bonds. The van der Waals surface area contributed by atoms with E-state index in [0.29, 0.717) is 0 Å². The molecule has 0 atom stereocenters. The summed E-state index contributed by atoms with van der Waals surface area (Å²) in [5, 5.41) is 8.55. The van der Waals surface area contributed by atoms with Crippen molar-refractivity contribution < 1.29 is 23.0 Å². The van der Waals surface area contributed by atoms with Crippen LogP contribution in [0.1, 0.15) is 11.1 Å². The molecule has 21 heavy (non-hydrogen) atoms. The largest absolute Gasteiger partial charge is 0.489 e. The van der Waals surface area contributed by atoms with Crippen LogP contribution in [0.5, 0.6) is 5.75 Å². The van der Waals surface area contributed by atoms with Crippen LogP contribution in [0.2, 0.25) is 0 Å². The van der Waals surface area contributed by atoms with E-state index in [4.69, 9.17) is 9.84 Å². The van der Waals surface area contributed by atoms with Gasteiger partial charge in [-0.15, -0.1) is 0 Å². The molecule has 1 N–H and O–H groups in total. The van der Waals surface area contributed by atoms with Crippen molar-refractivity contribution in [3.05, 3.63) is 65.0 Å². The molecule has 2 nitrogen and oxygen atoms in total. The lowest BCUT2D eigenvalue weighted by Gasteiger charge is -2.08. The molecular formula is C16H11F3O2. The zero-order valence-electron chi connectivity index (χ0n) is 10.9. The van der Waals surface area contributed by atoms with Gasteiger partial charge in [-0.05, 0) is 24.3 Å². The number of ether oxygens (including phenoxy) is 1. The molecule has 5 heteroatoms. The van der Waals surface area contributed by atoms with Crippen molar-refractivity contribution in [2.24, 2.45) is 0 Å². The zero-order valence-corrected chi connectivity index (χ0v) is 10.9. The van der Waals surface area contributed by atoms with Crippen LogP contribution in [0.15, 0.2) is 36.4 Å². The van der Waals surface area contributed by atoms with E-state index in [1.54, 1.807) is 0 Å². The Morgan fingerprint density at radius 2 is 1.81 bits per heavy atom. The fourth-order valence-corrected chi connectivity index (χ4v) is 1.62. The van der Waals surface area contributed by atoms with Crippen molar-refractivity contribution in [2.75, 3.05) is 6.61 Å². The highest BCUT2D eigenvalue weighted by molar-refractivity contribution is 5.39. The van der Waals surface area contributed by atoms with Gasteiger partial charge in [0.2, 0.25) is 0 Å². The minimum atomic E-state index is -0.721. The first-order chi connectivity index (χ1) is 10.1. The summed E-state index contributed by atoms with van der Waals surface area (Å²) in [7, 11) is 0. The van der Waals surface area contributed by atoms with E-state index in [-0.39, 0.29) is 30.1 Å². The molecule has 2 aromatic carbocycles. The average Bonchev–Trinajstić information content (AvgIpc) is 2.45. The Labute approximate surface area is 119 Å². The third kappa shape index (κ3) is 4.01. The van der Waals surface area contributed by atoms with E-state index in [9.17, 15) is 13.2 Å². The molecule has 2 rings (SSSR count). The van der Waals surface area contributed by atoms with Crippen molar-refractivity contribution in [1.82, 2.24) is 0 Å². The van der Waals surface area contributed by atoms with Gasteiger partial charge in [0, 0.05) is 17.7 Å². The van der Waals surface area contributed by atoms with Gasteiger partial charge in [0.15, 0.2) is 0 Å². The number of aliphatic hydroxyl groups is 1. The van der Waals surface area contributed by atoms with Gasteiger partial charge in [-0.25, -0.2) is 13.2 Å². The van der Waals surface area contributed by atoms with Gasteiger partial charge in [0.25, 0.3) is 0 Å². The second-order valence-electron chi connectivity index (χ2n) is 4.13. The van der Waals surface area contributed by atoms with Gasteiger partial charge in [0.1, 0.15) is 36.4 Å². The fourth-order valence-electron chi connectivity index (χ4n) is 1.62. The first-order valence-electron chi connectivity index (χ1n) is 6.06. The van der Waals surface area contributed by atoms with Crippen molar-refractivity contribution in [3.63, 3.8) is 0 Å². The lowest BCUT2D eigenvalue weighted by molar-refractivity contribution is 0.298. The molecule has 0 saturated carbocycles. The van der Waals surface area contributed by atoms with E-state index in [2.05, 4.69) is 11.8 Å². The number of benzene rings is 2. The lowest BCUT2D eigenvalue weighted by Crippen LogP contribution is -1.99. The summed E-state index contributed by atoms with van der Waals surface area (Å²) in [4.78, 5) is 0. The van der Waals surface area contributed by atoms with E-state index < -0.39 is 17.5 Å². The molecular weight excluding hydrogens is 281 g/mol. The Morgan fingerprint density at radius 1 is 1.00 bits per heavy atom. The first kappa shape index (κ1) is 14.9. The summed E-state index contributed by atoms with van der Waals surface area (Å²) < 4.78 is 45.0. The molecule has 108 valence electrons. The molecule has 0 unspecified atom stereocenters. The van der Waals surface area contributed by atoms with Crippen molar-refractivity contribution >= 4 is 0 Å². The van der Waals surface area contributed by atoms with Crippen molar-refractivity contribution in [2.45, 2.75) is 6.61 Å². The van der Waals surface area contributed by atoms with Crippen LogP contribution in [0.3, 0.4) is 0 Å². The van der Waals surface area contributed by atoms with Crippen LogP contribution in [-0.4, -0.2) is 11.7 Å². The Morgan fingerprint density at radius 3 is 2.48 bits per heavy atom. The maximum Gasteiger partial charge on any atom is 0.142 e. The van der Waals surface area contributed by atoms with Crippen molar-refractivity contribution in [3.8, 4) is 17.6 Å². The average molecular weight is 292 g/mol. The normalized spacial score (nSPS) is 9.90. The van der Waals surface area contributed by atoms with Crippen LogP contribution >= 0.6 is 0 Å². The Bertz CT molecular complexity index is 702.